The van der Waals surface area contributed by atoms with E-state index in [0.717, 1.165) is 18.4 Å². The molecule has 2 aromatic rings. The molecule has 0 aliphatic heterocycles. The SMILES string of the molecule is CC(C)c1ccccc1NS(=O)(=O)c1cccc(C(=O)NC2CC2)c1. The highest BCUT2D eigenvalue weighted by Gasteiger charge is 2.24. The first-order valence-electron chi connectivity index (χ1n) is 8.39. The maximum absolute atomic E-state index is 12.7. The van der Waals surface area contributed by atoms with Gasteiger partial charge in [-0.3, -0.25) is 9.52 Å². The topological polar surface area (TPSA) is 75.3 Å². The van der Waals surface area contributed by atoms with Crippen molar-refractivity contribution >= 4 is 21.6 Å². The van der Waals surface area contributed by atoms with Gasteiger partial charge < -0.3 is 5.32 Å². The molecule has 2 N–H and O–H groups in total. The van der Waals surface area contributed by atoms with Gasteiger partial charge in [0.1, 0.15) is 0 Å². The van der Waals surface area contributed by atoms with Crippen LogP contribution in [0.1, 0.15) is 48.5 Å². The predicted molar refractivity (Wildman–Crippen MR) is 98.3 cm³/mol. The van der Waals surface area contributed by atoms with E-state index < -0.39 is 10.0 Å². The maximum atomic E-state index is 12.7. The maximum Gasteiger partial charge on any atom is 0.261 e. The third kappa shape index (κ3) is 4.20. The van der Waals surface area contributed by atoms with Crippen LogP contribution in [0.15, 0.2) is 53.4 Å². The smallest absolute Gasteiger partial charge is 0.261 e. The molecule has 0 saturated heterocycles. The average Bonchev–Trinajstić information content (AvgIpc) is 3.39. The Labute approximate surface area is 148 Å². The van der Waals surface area contributed by atoms with Gasteiger partial charge in [-0.05, 0) is 48.6 Å². The molecule has 0 unspecified atom stereocenters. The number of sulfonamides is 1. The number of benzene rings is 2. The highest BCUT2D eigenvalue weighted by atomic mass is 32.2. The summed E-state index contributed by atoms with van der Waals surface area (Å²) in [6.45, 7) is 4.02. The van der Waals surface area contributed by atoms with Crippen LogP contribution >= 0.6 is 0 Å². The van der Waals surface area contributed by atoms with Gasteiger partial charge in [-0.2, -0.15) is 0 Å². The monoisotopic (exact) mass is 358 g/mol. The summed E-state index contributed by atoms with van der Waals surface area (Å²) in [7, 11) is -3.77. The number of anilines is 1. The average molecular weight is 358 g/mol. The minimum Gasteiger partial charge on any atom is -0.349 e. The van der Waals surface area contributed by atoms with Crippen LogP contribution in [0.25, 0.3) is 0 Å². The fourth-order valence-corrected chi connectivity index (χ4v) is 3.73. The molecule has 6 heteroatoms. The zero-order chi connectivity index (χ0) is 18.0. The molecule has 0 bridgehead atoms. The number of rotatable bonds is 6. The number of carbonyl (C=O) groups excluding carboxylic acids is 1. The van der Waals surface area contributed by atoms with E-state index in [1.54, 1.807) is 24.3 Å². The Morgan fingerprint density at radius 1 is 1.08 bits per heavy atom. The highest BCUT2D eigenvalue weighted by molar-refractivity contribution is 7.92. The van der Waals surface area contributed by atoms with Crippen LogP contribution in [0.4, 0.5) is 5.69 Å². The highest BCUT2D eigenvalue weighted by Crippen LogP contribution is 2.26. The van der Waals surface area contributed by atoms with Crippen LogP contribution in [0, 0.1) is 0 Å². The minimum atomic E-state index is -3.77. The third-order valence-corrected chi connectivity index (χ3v) is 5.51. The fourth-order valence-electron chi connectivity index (χ4n) is 2.60. The van der Waals surface area contributed by atoms with Crippen LogP contribution < -0.4 is 10.0 Å². The summed E-state index contributed by atoms with van der Waals surface area (Å²) in [5, 5.41) is 2.87. The Kier molecular flexibility index (Phi) is 4.81. The van der Waals surface area contributed by atoms with Crippen molar-refractivity contribution in [3.05, 3.63) is 59.7 Å². The van der Waals surface area contributed by atoms with Gasteiger partial charge in [0.2, 0.25) is 0 Å². The molecule has 132 valence electrons. The molecule has 3 rings (SSSR count). The molecule has 1 amide bonds. The zero-order valence-electron chi connectivity index (χ0n) is 14.3. The second-order valence-corrected chi connectivity index (χ2v) is 8.31. The fraction of sp³-hybridized carbons (Fsp3) is 0.316. The molecule has 1 fully saturated rings. The van der Waals surface area contributed by atoms with Gasteiger partial charge in [0.15, 0.2) is 0 Å². The van der Waals surface area contributed by atoms with Crippen molar-refractivity contribution in [2.45, 2.75) is 43.5 Å². The van der Waals surface area contributed by atoms with Gasteiger partial charge in [0.05, 0.1) is 10.6 Å². The Morgan fingerprint density at radius 2 is 1.80 bits per heavy atom. The Balaban J connectivity index is 1.86. The Morgan fingerprint density at radius 3 is 2.48 bits per heavy atom. The largest absolute Gasteiger partial charge is 0.349 e. The van der Waals surface area contributed by atoms with Gasteiger partial charge in [0, 0.05) is 11.6 Å². The van der Waals surface area contributed by atoms with E-state index in [0.29, 0.717) is 11.3 Å². The van der Waals surface area contributed by atoms with Crippen LogP contribution in [-0.4, -0.2) is 20.4 Å². The first kappa shape index (κ1) is 17.5. The second kappa shape index (κ2) is 6.88. The van der Waals surface area contributed by atoms with E-state index in [-0.39, 0.29) is 22.8 Å². The van der Waals surface area contributed by atoms with Gasteiger partial charge in [-0.25, -0.2) is 8.42 Å². The van der Waals surface area contributed by atoms with Crippen molar-refractivity contribution in [1.82, 2.24) is 5.32 Å². The Bertz CT molecular complexity index is 887. The number of hydrogen-bond donors (Lipinski definition) is 2. The summed E-state index contributed by atoms with van der Waals surface area (Å²) in [5.74, 6) is -0.0447. The third-order valence-electron chi connectivity index (χ3n) is 4.15. The van der Waals surface area contributed by atoms with Gasteiger partial charge in [-0.1, -0.05) is 38.1 Å². The first-order valence-corrected chi connectivity index (χ1v) is 9.88. The van der Waals surface area contributed by atoms with E-state index in [2.05, 4.69) is 10.0 Å². The summed E-state index contributed by atoms with van der Waals surface area (Å²) in [6.07, 6.45) is 1.97. The second-order valence-electron chi connectivity index (χ2n) is 6.62. The van der Waals surface area contributed by atoms with Crippen LogP contribution in [0.3, 0.4) is 0 Å². The van der Waals surface area contributed by atoms with Crippen LogP contribution in [-0.2, 0) is 10.0 Å². The molecule has 0 aromatic heterocycles. The van der Waals surface area contributed by atoms with Crippen molar-refractivity contribution < 1.29 is 13.2 Å². The van der Waals surface area contributed by atoms with Crippen molar-refractivity contribution in [1.29, 1.82) is 0 Å². The number of hydrogen-bond acceptors (Lipinski definition) is 3. The van der Waals surface area contributed by atoms with E-state index in [1.165, 1.54) is 12.1 Å². The van der Waals surface area contributed by atoms with Crippen LogP contribution in [0.5, 0.6) is 0 Å². The minimum absolute atomic E-state index is 0.0782. The normalized spacial score (nSPS) is 14.4. The lowest BCUT2D eigenvalue weighted by atomic mass is 10.0. The van der Waals surface area contributed by atoms with E-state index >= 15 is 0 Å². The van der Waals surface area contributed by atoms with Crippen molar-refractivity contribution in [2.75, 3.05) is 4.72 Å². The number of amides is 1. The number of para-hydroxylation sites is 1. The molecule has 0 heterocycles. The summed E-state index contributed by atoms with van der Waals surface area (Å²) in [6, 6.07) is 13.7. The molecule has 0 spiro atoms. The lowest BCUT2D eigenvalue weighted by Crippen LogP contribution is -2.25. The standard InChI is InChI=1S/C19H22N2O3S/c1-13(2)17-8-3-4-9-18(17)21-25(23,24)16-7-5-6-14(12-16)19(22)20-15-10-11-15/h3-9,12-13,15,21H,10-11H2,1-2H3,(H,20,22). The van der Waals surface area contributed by atoms with Crippen LogP contribution in [0.2, 0.25) is 0 Å². The lowest BCUT2D eigenvalue weighted by Gasteiger charge is -2.15. The van der Waals surface area contributed by atoms with Gasteiger partial charge in [-0.15, -0.1) is 0 Å². The molecule has 25 heavy (non-hydrogen) atoms. The summed E-state index contributed by atoms with van der Waals surface area (Å²) >= 11 is 0. The van der Waals surface area contributed by atoms with Crippen molar-refractivity contribution in [3.8, 4) is 0 Å². The van der Waals surface area contributed by atoms with E-state index in [1.807, 2.05) is 26.0 Å². The molecule has 1 aliphatic carbocycles. The van der Waals surface area contributed by atoms with Crippen molar-refractivity contribution in [3.63, 3.8) is 0 Å². The first-order chi connectivity index (χ1) is 11.9. The molecule has 0 atom stereocenters. The molecular formula is C19H22N2O3S. The van der Waals surface area contributed by atoms with Gasteiger partial charge >= 0.3 is 0 Å². The molecule has 1 saturated carbocycles. The zero-order valence-corrected chi connectivity index (χ0v) is 15.1. The molecule has 2 aromatic carbocycles. The van der Waals surface area contributed by atoms with Crippen molar-refractivity contribution in [2.24, 2.45) is 0 Å². The molecule has 1 aliphatic rings. The quantitative estimate of drug-likeness (QED) is 0.830. The molecule has 5 nitrogen and oxygen atoms in total. The van der Waals surface area contributed by atoms with E-state index in [9.17, 15) is 13.2 Å². The predicted octanol–water partition coefficient (Wildman–Crippen LogP) is 3.50. The Hall–Kier alpha value is -2.34. The lowest BCUT2D eigenvalue weighted by molar-refractivity contribution is 0.0951. The van der Waals surface area contributed by atoms with Gasteiger partial charge in [0.25, 0.3) is 15.9 Å². The number of nitrogens with one attached hydrogen (secondary N) is 2. The summed E-state index contributed by atoms with van der Waals surface area (Å²) in [4.78, 5) is 12.2. The van der Waals surface area contributed by atoms with E-state index in [4.69, 9.17) is 0 Å². The number of carbonyl (C=O) groups is 1. The summed E-state index contributed by atoms with van der Waals surface area (Å²) in [5.41, 5.74) is 1.84. The molecule has 0 radical (unpaired) electrons. The molecular weight excluding hydrogens is 336 g/mol. The summed E-state index contributed by atoms with van der Waals surface area (Å²) < 4.78 is 28.1.